The van der Waals surface area contributed by atoms with Crippen molar-refractivity contribution in [2.45, 2.75) is 30.7 Å². The molecule has 1 heterocycles. The van der Waals surface area contributed by atoms with Gasteiger partial charge in [-0.25, -0.2) is 4.89 Å². The summed E-state index contributed by atoms with van der Waals surface area (Å²) < 4.78 is 4.63. The summed E-state index contributed by atoms with van der Waals surface area (Å²) in [4.78, 5) is 3.69. The zero-order valence-electron chi connectivity index (χ0n) is 6.65. The summed E-state index contributed by atoms with van der Waals surface area (Å²) >= 11 is 0. The van der Waals surface area contributed by atoms with Gasteiger partial charge in [-0.1, -0.05) is 0 Å². The van der Waals surface area contributed by atoms with E-state index in [9.17, 15) is 5.11 Å². The third-order valence-corrected chi connectivity index (χ3v) is 1.93. The summed E-state index contributed by atoms with van der Waals surface area (Å²) in [6, 6.07) is 0. The molecule has 0 saturated carbocycles. The Kier molecular flexibility index (Phi) is 3.56. The maximum absolute atomic E-state index is 9.22. The zero-order chi connectivity index (χ0) is 10.0. The van der Waals surface area contributed by atoms with Crippen LogP contribution in [0.5, 0.6) is 0 Å². The van der Waals surface area contributed by atoms with E-state index in [-0.39, 0.29) is 0 Å². The summed E-state index contributed by atoms with van der Waals surface area (Å²) in [5.74, 6) is 0. The first-order valence-electron chi connectivity index (χ1n) is 3.72. The molecular formula is C6H12O7. The lowest BCUT2D eigenvalue weighted by molar-refractivity contribution is -0.323. The Balaban J connectivity index is 2.59. The minimum atomic E-state index is -1.60. The molecule has 1 aliphatic heterocycles. The van der Waals surface area contributed by atoms with Crippen molar-refractivity contribution in [3.63, 3.8) is 0 Å². The molecule has 0 bridgehead atoms. The SMILES string of the molecule is OOCC1O[C@@H](O)C(O)[C@@H](O)[C@@H]1O. The molecule has 1 aliphatic rings. The number of hydrogen-bond donors (Lipinski definition) is 5. The molecule has 5 atom stereocenters. The van der Waals surface area contributed by atoms with Crippen LogP contribution in [0.15, 0.2) is 0 Å². The highest BCUT2D eigenvalue weighted by Gasteiger charge is 2.42. The Hall–Kier alpha value is -0.280. The molecule has 0 aromatic heterocycles. The summed E-state index contributed by atoms with van der Waals surface area (Å²) in [6.07, 6.45) is -7.17. The third kappa shape index (κ3) is 2.15. The molecule has 1 fully saturated rings. The van der Waals surface area contributed by atoms with Crippen molar-refractivity contribution in [1.29, 1.82) is 0 Å². The van der Waals surface area contributed by atoms with Crippen LogP contribution in [0.4, 0.5) is 0 Å². The average Bonchev–Trinajstić information content (AvgIpc) is 2.11. The maximum atomic E-state index is 9.22. The summed E-state index contributed by atoms with van der Waals surface area (Å²) in [6.45, 7) is -0.401. The fraction of sp³-hybridized carbons (Fsp3) is 1.00. The van der Waals surface area contributed by atoms with Crippen molar-refractivity contribution < 1.29 is 35.3 Å². The van der Waals surface area contributed by atoms with Crippen molar-refractivity contribution in [2.75, 3.05) is 6.61 Å². The van der Waals surface area contributed by atoms with E-state index in [4.69, 9.17) is 20.6 Å². The molecule has 1 rings (SSSR count). The van der Waals surface area contributed by atoms with Gasteiger partial charge in [0.2, 0.25) is 0 Å². The molecule has 1 saturated heterocycles. The lowest BCUT2D eigenvalue weighted by Crippen LogP contribution is -2.58. The van der Waals surface area contributed by atoms with Gasteiger partial charge in [0.05, 0.1) is 0 Å². The van der Waals surface area contributed by atoms with Crippen molar-refractivity contribution in [3.05, 3.63) is 0 Å². The first-order chi connectivity index (χ1) is 6.07. The first-order valence-corrected chi connectivity index (χ1v) is 3.72. The normalized spacial score (nSPS) is 46.4. The van der Waals surface area contributed by atoms with E-state index in [1.54, 1.807) is 0 Å². The minimum Gasteiger partial charge on any atom is -0.387 e. The number of aliphatic hydroxyl groups excluding tert-OH is 4. The van der Waals surface area contributed by atoms with Gasteiger partial charge in [-0.15, -0.1) is 0 Å². The van der Waals surface area contributed by atoms with Gasteiger partial charge in [-0.3, -0.25) is 5.26 Å². The van der Waals surface area contributed by atoms with Crippen LogP contribution < -0.4 is 0 Å². The molecular weight excluding hydrogens is 184 g/mol. The molecule has 13 heavy (non-hydrogen) atoms. The van der Waals surface area contributed by atoms with Gasteiger partial charge in [0.1, 0.15) is 31.0 Å². The average molecular weight is 196 g/mol. The Bertz CT molecular complexity index is 163. The van der Waals surface area contributed by atoms with Gasteiger partial charge in [-0.05, 0) is 0 Å². The molecule has 7 nitrogen and oxygen atoms in total. The molecule has 5 N–H and O–H groups in total. The van der Waals surface area contributed by atoms with E-state index < -0.39 is 37.3 Å². The minimum absolute atomic E-state index is 0.401. The second-order valence-corrected chi connectivity index (χ2v) is 2.83. The van der Waals surface area contributed by atoms with Crippen LogP contribution in [0.3, 0.4) is 0 Å². The van der Waals surface area contributed by atoms with Crippen LogP contribution in [0.1, 0.15) is 0 Å². The Morgan fingerprint density at radius 1 is 1.00 bits per heavy atom. The molecule has 0 spiro atoms. The van der Waals surface area contributed by atoms with Gasteiger partial charge in [0, 0.05) is 0 Å². The standard InChI is InChI=1S/C6H12O7/c7-3-2(1-12-11)13-6(10)5(9)4(3)8/h2-11H,1H2/t2?,3-,4+,5?,6-/m1/s1. The topological polar surface area (TPSA) is 120 Å². The molecule has 0 radical (unpaired) electrons. The molecule has 0 aromatic carbocycles. The highest BCUT2D eigenvalue weighted by Crippen LogP contribution is 2.19. The maximum Gasteiger partial charge on any atom is 0.184 e. The quantitative estimate of drug-likeness (QED) is 0.240. The van der Waals surface area contributed by atoms with Crippen LogP contribution in [0.25, 0.3) is 0 Å². The second-order valence-electron chi connectivity index (χ2n) is 2.83. The van der Waals surface area contributed by atoms with Gasteiger partial charge < -0.3 is 25.2 Å². The lowest BCUT2D eigenvalue weighted by Gasteiger charge is -2.37. The fourth-order valence-electron chi connectivity index (χ4n) is 1.14. The fourth-order valence-corrected chi connectivity index (χ4v) is 1.14. The largest absolute Gasteiger partial charge is 0.387 e. The number of ether oxygens (including phenoxy) is 1. The second kappa shape index (κ2) is 4.29. The van der Waals surface area contributed by atoms with Gasteiger partial charge in [-0.2, -0.15) is 0 Å². The Morgan fingerprint density at radius 3 is 2.15 bits per heavy atom. The molecule has 0 aliphatic carbocycles. The molecule has 0 aromatic rings. The summed E-state index contributed by atoms with van der Waals surface area (Å²) in [5, 5.41) is 44.4. The first kappa shape index (κ1) is 10.8. The Labute approximate surface area is 73.7 Å². The van der Waals surface area contributed by atoms with Crippen molar-refractivity contribution in [1.82, 2.24) is 0 Å². The lowest BCUT2D eigenvalue weighted by atomic mass is 9.99. The van der Waals surface area contributed by atoms with Crippen LogP contribution in [0, 0.1) is 0 Å². The van der Waals surface area contributed by atoms with Crippen LogP contribution in [-0.4, -0.2) is 63.0 Å². The van der Waals surface area contributed by atoms with Crippen molar-refractivity contribution in [3.8, 4) is 0 Å². The van der Waals surface area contributed by atoms with Crippen LogP contribution >= 0.6 is 0 Å². The Morgan fingerprint density at radius 2 is 1.62 bits per heavy atom. The van der Waals surface area contributed by atoms with Gasteiger partial charge in [0.25, 0.3) is 0 Å². The van der Waals surface area contributed by atoms with Crippen LogP contribution in [0.2, 0.25) is 0 Å². The smallest absolute Gasteiger partial charge is 0.184 e. The van der Waals surface area contributed by atoms with E-state index in [2.05, 4.69) is 9.62 Å². The third-order valence-electron chi connectivity index (χ3n) is 1.93. The molecule has 7 heteroatoms. The summed E-state index contributed by atoms with van der Waals surface area (Å²) in [5.41, 5.74) is 0. The van der Waals surface area contributed by atoms with E-state index in [1.165, 1.54) is 0 Å². The van der Waals surface area contributed by atoms with E-state index in [0.717, 1.165) is 0 Å². The van der Waals surface area contributed by atoms with Crippen LogP contribution in [-0.2, 0) is 9.62 Å². The predicted molar refractivity (Wildman–Crippen MR) is 37.5 cm³/mol. The number of rotatable bonds is 2. The number of aliphatic hydroxyl groups is 4. The highest BCUT2D eigenvalue weighted by molar-refractivity contribution is 4.88. The molecule has 0 amide bonds. The monoisotopic (exact) mass is 196 g/mol. The predicted octanol–water partition coefficient (Wildman–Crippen LogP) is -2.72. The van der Waals surface area contributed by atoms with Gasteiger partial charge >= 0.3 is 0 Å². The van der Waals surface area contributed by atoms with Gasteiger partial charge in [0.15, 0.2) is 6.29 Å². The number of hydrogen-bond acceptors (Lipinski definition) is 7. The summed E-state index contributed by atoms with van der Waals surface area (Å²) in [7, 11) is 0. The van der Waals surface area contributed by atoms with Crippen molar-refractivity contribution >= 4 is 0 Å². The molecule has 2 unspecified atom stereocenters. The van der Waals surface area contributed by atoms with Crippen molar-refractivity contribution in [2.24, 2.45) is 0 Å². The zero-order valence-corrected chi connectivity index (χ0v) is 6.65. The van der Waals surface area contributed by atoms with E-state index in [1.807, 2.05) is 0 Å². The van der Waals surface area contributed by atoms with E-state index in [0.29, 0.717) is 0 Å². The highest BCUT2D eigenvalue weighted by atomic mass is 17.1. The van der Waals surface area contributed by atoms with E-state index >= 15 is 0 Å². The molecule has 78 valence electrons.